The number of carbonyl (C=O) groups excluding carboxylic acids is 1. The molecule has 1 fully saturated rings. The molecule has 1 aromatic rings. The third-order valence-electron chi connectivity index (χ3n) is 4.68. The van der Waals surface area contributed by atoms with Gasteiger partial charge in [0.05, 0.1) is 26.1 Å². The van der Waals surface area contributed by atoms with Crippen molar-refractivity contribution in [3.63, 3.8) is 0 Å². The van der Waals surface area contributed by atoms with Gasteiger partial charge in [-0.25, -0.2) is 0 Å². The average Bonchev–Trinajstić information content (AvgIpc) is 2.52. The Hall–Kier alpha value is -1.55. The van der Waals surface area contributed by atoms with Crippen LogP contribution in [0.15, 0.2) is 24.3 Å². The maximum absolute atomic E-state index is 12.6. The van der Waals surface area contributed by atoms with Crippen molar-refractivity contribution in [2.24, 2.45) is 0 Å². The van der Waals surface area contributed by atoms with Gasteiger partial charge in [0, 0.05) is 0 Å². The summed E-state index contributed by atoms with van der Waals surface area (Å²) in [5.41, 5.74) is -0.622. The van der Waals surface area contributed by atoms with Crippen molar-refractivity contribution in [1.29, 1.82) is 0 Å². The highest BCUT2D eigenvalue weighted by Crippen LogP contribution is 2.38. The molecule has 1 unspecified atom stereocenters. The summed E-state index contributed by atoms with van der Waals surface area (Å²) in [5, 5.41) is 0. The maximum Gasteiger partial charge on any atom is 0.196 e. The molecule has 4 heteroatoms. The minimum absolute atomic E-state index is 0.151. The Labute approximate surface area is 132 Å². The zero-order valence-electron chi connectivity index (χ0n) is 13.6. The minimum atomic E-state index is -0.622. The molecule has 0 aromatic heterocycles. The first-order valence-electron chi connectivity index (χ1n) is 8.37. The second-order valence-corrected chi connectivity index (χ2v) is 6.93. The Morgan fingerprint density at radius 1 is 1.18 bits per heavy atom. The summed E-state index contributed by atoms with van der Waals surface area (Å²) in [5.74, 6) is 1.54. The molecule has 2 aliphatic heterocycles. The van der Waals surface area contributed by atoms with Crippen molar-refractivity contribution in [2.75, 3.05) is 19.6 Å². The standard InChI is InChI=1S/C18H25NO3/c1-18(2)17(21-15-8-4-5-9-16(15)22-18)14(20)10-13-19-11-6-3-7-12-19/h4-5,8-9,17H,3,6-7,10-13H2,1-2H3/p+1. The third-order valence-corrected chi connectivity index (χ3v) is 4.68. The van der Waals surface area contributed by atoms with Crippen LogP contribution in [0.2, 0.25) is 0 Å². The van der Waals surface area contributed by atoms with Crippen LogP contribution in [-0.4, -0.2) is 37.1 Å². The molecule has 2 heterocycles. The highest BCUT2D eigenvalue weighted by Gasteiger charge is 2.43. The van der Waals surface area contributed by atoms with Gasteiger partial charge in [0.1, 0.15) is 5.60 Å². The van der Waals surface area contributed by atoms with Crippen molar-refractivity contribution < 1.29 is 19.2 Å². The van der Waals surface area contributed by atoms with Crippen LogP contribution in [0.25, 0.3) is 0 Å². The summed E-state index contributed by atoms with van der Waals surface area (Å²) in [7, 11) is 0. The van der Waals surface area contributed by atoms with Gasteiger partial charge >= 0.3 is 0 Å². The van der Waals surface area contributed by atoms with Gasteiger partial charge in [0.15, 0.2) is 23.4 Å². The van der Waals surface area contributed by atoms with E-state index in [0.717, 1.165) is 12.3 Å². The molecule has 1 saturated heterocycles. The molecular weight excluding hydrogens is 278 g/mol. The lowest BCUT2D eigenvalue weighted by Crippen LogP contribution is -3.12. The van der Waals surface area contributed by atoms with Gasteiger partial charge in [-0.05, 0) is 45.2 Å². The number of hydrogen-bond donors (Lipinski definition) is 1. The Kier molecular flexibility index (Phi) is 4.39. The number of rotatable bonds is 4. The van der Waals surface area contributed by atoms with Crippen molar-refractivity contribution in [3.05, 3.63) is 24.3 Å². The molecule has 0 bridgehead atoms. The van der Waals surface area contributed by atoms with Crippen molar-refractivity contribution in [1.82, 2.24) is 0 Å². The van der Waals surface area contributed by atoms with Gasteiger partial charge in [-0.2, -0.15) is 0 Å². The molecule has 4 nitrogen and oxygen atoms in total. The number of ether oxygens (including phenoxy) is 2. The van der Waals surface area contributed by atoms with Crippen molar-refractivity contribution in [2.45, 2.75) is 51.2 Å². The zero-order chi connectivity index (χ0) is 15.6. The number of hydrogen-bond acceptors (Lipinski definition) is 3. The fourth-order valence-electron chi connectivity index (χ4n) is 3.42. The first-order chi connectivity index (χ1) is 10.6. The van der Waals surface area contributed by atoms with E-state index in [1.54, 1.807) is 4.90 Å². The molecule has 1 aromatic carbocycles. The first kappa shape index (κ1) is 15.3. The highest BCUT2D eigenvalue weighted by molar-refractivity contribution is 5.85. The zero-order valence-corrected chi connectivity index (χ0v) is 13.6. The van der Waals surface area contributed by atoms with E-state index in [-0.39, 0.29) is 5.78 Å². The van der Waals surface area contributed by atoms with Crippen LogP contribution in [0.3, 0.4) is 0 Å². The smallest absolute Gasteiger partial charge is 0.196 e. The minimum Gasteiger partial charge on any atom is -0.480 e. The van der Waals surface area contributed by atoms with E-state index in [1.165, 1.54) is 32.4 Å². The van der Waals surface area contributed by atoms with E-state index >= 15 is 0 Å². The second-order valence-electron chi connectivity index (χ2n) is 6.93. The number of ketones is 1. The van der Waals surface area contributed by atoms with Gasteiger partial charge < -0.3 is 14.4 Å². The lowest BCUT2D eigenvalue weighted by Gasteiger charge is -2.39. The highest BCUT2D eigenvalue weighted by atomic mass is 16.6. The van der Waals surface area contributed by atoms with Crippen LogP contribution in [0.5, 0.6) is 11.5 Å². The average molecular weight is 304 g/mol. The van der Waals surface area contributed by atoms with Crippen LogP contribution in [-0.2, 0) is 4.79 Å². The monoisotopic (exact) mass is 304 g/mol. The molecule has 1 atom stereocenters. The van der Waals surface area contributed by atoms with Crippen LogP contribution in [0.1, 0.15) is 39.5 Å². The summed E-state index contributed by atoms with van der Waals surface area (Å²) in [6, 6.07) is 7.57. The summed E-state index contributed by atoms with van der Waals surface area (Å²) in [4.78, 5) is 14.2. The molecule has 1 N–H and O–H groups in total. The maximum atomic E-state index is 12.6. The van der Waals surface area contributed by atoms with E-state index in [9.17, 15) is 4.79 Å². The van der Waals surface area contributed by atoms with Gasteiger partial charge in [-0.15, -0.1) is 0 Å². The molecule has 0 amide bonds. The number of quaternary nitrogens is 1. The van der Waals surface area contributed by atoms with Crippen LogP contribution in [0.4, 0.5) is 0 Å². The molecular formula is C18H26NO3+. The van der Waals surface area contributed by atoms with Gasteiger partial charge in [0.25, 0.3) is 0 Å². The molecule has 0 spiro atoms. The van der Waals surface area contributed by atoms with E-state index in [0.29, 0.717) is 12.2 Å². The largest absolute Gasteiger partial charge is 0.480 e. The van der Waals surface area contributed by atoms with Crippen LogP contribution < -0.4 is 14.4 Å². The van der Waals surface area contributed by atoms with Gasteiger partial charge in [0.2, 0.25) is 0 Å². The van der Waals surface area contributed by atoms with Crippen molar-refractivity contribution >= 4 is 5.78 Å². The van der Waals surface area contributed by atoms with E-state index < -0.39 is 11.7 Å². The predicted molar refractivity (Wildman–Crippen MR) is 84.6 cm³/mol. The first-order valence-corrected chi connectivity index (χ1v) is 8.37. The summed E-state index contributed by atoms with van der Waals surface area (Å²) in [6.45, 7) is 7.16. The SMILES string of the molecule is CC1(C)Oc2ccccc2OC1C(=O)CC[NH+]1CCCCC1. The number of Topliss-reactive ketones (excluding diaryl/α,β-unsaturated/α-hetero) is 1. The number of nitrogens with one attached hydrogen (secondary N) is 1. The molecule has 2 aliphatic rings. The Bertz CT molecular complexity index is 535. The molecule has 3 rings (SSSR count). The summed E-state index contributed by atoms with van der Waals surface area (Å²) < 4.78 is 12.0. The third kappa shape index (κ3) is 3.27. The topological polar surface area (TPSA) is 40.0 Å². The van der Waals surface area contributed by atoms with E-state index in [2.05, 4.69) is 0 Å². The lowest BCUT2D eigenvalue weighted by atomic mass is 9.94. The van der Waals surface area contributed by atoms with Crippen LogP contribution >= 0.6 is 0 Å². The summed E-state index contributed by atoms with van der Waals surface area (Å²) >= 11 is 0. The van der Waals surface area contributed by atoms with Crippen LogP contribution in [0, 0.1) is 0 Å². The summed E-state index contributed by atoms with van der Waals surface area (Å²) in [6.07, 6.45) is 3.94. The lowest BCUT2D eigenvalue weighted by molar-refractivity contribution is -0.904. The molecule has 120 valence electrons. The normalized spacial score (nSPS) is 24.0. The van der Waals surface area contributed by atoms with E-state index in [1.807, 2.05) is 38.1 Å². The number of para-hydroxylation sites is 2. The number of carbonyl (C=O) groups is 1. The number of fused-ring (bicyclic) bond motifs is 1. The number of likely N-dealkylation sites (tertiary alicyclic amines) is 1. The predicted octanol–water partition coefficient (Wildman–Crippen LogP) is 1.63. The molecule has 0 aliphatic carbocycles. The van der Waals surface area contributed by atoms with Crippen molar-refractivity contribution in [3.8, 4) is 11.5 Å². The number of benzene rings is 1. The quantitative estimate of drug-likeness (QED) is 0.919. The molecule has 0 radical (unpaired) electrons. The fourth-order valence-corrected chi connectivity index (χ4v) is 3.42. The Morgan fingerprint density at radius 2 is 1.86 bits per heavy atom. The fraction of sp³-hybridized carbons (Fsp3) is 0.611. The Balaban J connectivity index is 1.64. The van der Waals surface area contributed by atoms with E-state index in [4.69, 9.17) is 9.47 Å². The number of piperidine rings is 1. The molecule has 0 saturated carbocycles. The van der Waals surface area contributed by atoms with Gasteiger partial charge in [-0.3, -0.25) is 4.79 Å². The second kappa shape index (κ2) is 6.29. The Morgan fingerprint density at radius 3 is 2.59 bits per heavy atom. The molecule has 22 heavy (non-hydrogen) atoms. The van der Waals surface area contributed by atoms with Gasteiger partial charge in [-0.1, -0.05) is 12.1 Å².